The lowest BCUT2D eigenvalue weighted by Crippen LogP contribution is -2.38. The zero-order chi connectivity index (χ0) is 10.4. The van der Waals surface area contributed by atoms with Gasteiger partial charge >= 0.3 is 0 Å². The minimum absolute atomic E-state index is 0.294. The smallest absolute Gasteiger partial charge is 0.286 e. The summed E-state index contributed by atoms with van der Waals surface area (Å²) in [6.07, 6.45) is 0.703. The highest BCUT2D eigenvalue weighted by Gasteiger charge is 2.24. The highest BCUT2D eigenvalue weighted by molar-refractivity contribution is 4.98. The Morgan fingerprint density at radius 2 is 2.38 bits per heavy atom. The number of nitrogens with two attached hydrogens (primary N) is 1. The van der Waals surface area contributed by atoms with E-state index in [1.165, 1.54) is 18.1 Å². The Bertz CT molecular complexity index is 205. The topological polar surface area (TPSA) is 92.6 Å². The minimum Gasteiger partial charge on any atom is -0.403 e. The summed E-state index contributed by atoms with van der Waals surface area (Å²) in [6.45, 7) is 1.41. The molecule has 0 aliphatic carbocycles. The molecule has 0 aromatic heterocycles. The third-order valence-corrected chi connectivity index (χ3v) is 1.86. The molecule has 6 heteroatoms. The molecule has 0 aromatic carbocycles. The van der Waals surface area contributed by atoms with Crippen LogP contribution in [-0.4, -0.2) is 34.8 Å². The van der Waals surface area contributed by atoms with E-state index in [1.54, 1.807) is 6.92 Å². The van der Waals surface area contributed by atoms with Gasteiger partial charge in [-0.1, -0.05) is 6.92 Å². The Kier molecular flexibility index (Phi) is 4.83. The number of aliphatic hydroxyl groups is 1. The van der Waals surface area contributed by atoms with E-state index in [1.807, 2.05) is 0 Å². The van der Waals surface area contributed by atoms with Gasteiger partial charge in [-0.15, -0.1) is 0 Å². The maximum absolute atomic E-state index is 10.5. The van der Waals surface area contributed by atoms with Crippen molar-refractivity contribution in [2.45, 2.75) is 19.5 Å². The molecule has 0 spiro atoms. The number of hydrogen-bond acceptors (Lipinski definition) is 5. The number of nitrogens with zero attached hydrogens (tertiary/aromatic N) is 2. The van der Waals surface area contributed by atoms with Crippen molar-refractivity contribution in [3.63, 3.8) is 0 Å². The summed E-state index contributed by atoms with van der Waals surface area (Å²) in [5.74, 6) is 0. The van der Waals surface area contributed by atoms with Crippen molar-refractivity contribution in [2.75, 3.05) is 13.7 Å². The highest BCUT2D eigenvalue weighted by Crippen LogP contribution is 2.08. The van der Waals surface area contributed by atoms with Gasteiger partial charge in [0.1, 0.15) is 0 Å². The lowest BCUT2D eigenvalue weighted by molar-refractivity contribution is -0.547. The molecule has 0 amide bonds. The van der Waals surface area contributed by atoms with Gasteiger partial charge in [-0.25, -0.2) is 0 Å². The van der Waals surface area contributed by atoms with Crippen LogP contribution in [-0.2, 0) is 0 Å². The molecule has 0 saturated carbocycles. The Morgan fingerprint density at radius 3 is 2.62 bits per heavy atom. The second kappa shape index (κ2) is 5.36. The largest absolute Gasteiger partial charge is 0.403 e. The van der Waals surface area contributed by atoms with Crippen LogP contribution in [0.25, 0.3) is 0 Å². The lowest BCUT2D eigenvalue weighted by atomic mass is 10.3. The molecular formula is C7H15N3O3. The van der Waals surface area contributed by atoms with Gasteiger partial charge in [0.2, 0.25) is 0 Å². The summed E-state index contributed by atoms with van der Waals surface area (Å²) in [6, 6.07) is 0. The Hall–Kier alpha value is -1.30. The molecule has 0 fully saturated rings. The highest BCUT2D eigenvalue weighted by atomic mass is 16.6. The second-order valence-electron chi connectivity index (χ2n) is 2.60. The summed E-state index contributed by atoms with van der Waals surface area (Å²) in [7, 11) is 1.53. The van der Waals surface area contributed by atoms with Gasteiger partial charge in [-0.2, -0.15) is 0 Å². The van der Waals surface area contributed by atoms with Crippen LogP contribution in [0.3, 0.4) is 0 Å². The van der Waals surface area contributed by atoms with E-state index in [0.29, 0.717) is 12.1 Å². The SMILES string of the molecule is CCC(N(C)/C(=C\N)CO)[N+](=O)[O-]. The number of aliphatic hydroxyl groups excluding tert-OH is 1. The monoisotopic (exact) mass is 189 g/mol. The summed E-state index contributed by atoms with van der Waals surface area (Å²) in [5.41, 5.74) is 5.54. The molecule has 0 aliphatic heterocycles. The van der Waals surface area contributed by atoms with E-state index >= 15 is 0 Å². The molecule has 1 unspecified atom stereocenters. The molecule has 13 heavy (non-hydrogen) atoms. The minimum atomic E-state index is -0.832. The molecule has 1 atom stereocenters. The average Bonchev–Trinajstić information content (AvgIpc) is 2.07. The summed E-state index contributed by atoms with van der Waals surface area (Å²) in [5, 5.41) is 19.3. The standard InChI is InChI=1S/C7H15N3O3/c1-3-7(10(12)13)9(2)6(4-8)5-11/h4,7,11H,3,5,8H2,1-2H3/b6-4-. The number of hydrogen-bond donors (Lipinski definition) is 2. The summed E-state index contributed by atoms with van der Waals surface area (Å²) in [4.78, 5) is 11.5. The van der Waals surface area contributed by atoms with Gasteiger partial charge in [0.25, 0.3) is 6.17 Å². The first-order valence-corrected chi connectivity index (χ1v) is 3.96. The molecule has 0 saturated heterocycles. The third kappa shape index (κ3) is 2.90. The van der Waals surface area contributed by atoms with Crippen molar-refractivity contribution in [3.8, 4) is 0 Å². The number of nitro groups is 1. The van der Waals surface area contributed by atoms with Gasteiger partial charge in [-0.05, 0) is 0 Å². The fourth-order valence-electron chi connectivity index (χ4n) is 1.04. The van der Waals surface area contributed by atoms with E-state index in [-0.39, 0.29) is 6.61 Å². The first kappa shape index (κ1) is 11.7. The lowest BCUT2D eigenvalue weighted by Gasteiger charge is -2.23. The Labute approximate surface area is 76.8 Å². The van der Waals surface area contributed by atoms with Gasteiger partial charge in [-0.3, -0.25) is 10.1 Å². The molecule has 0 rings (SSSR count). The van der Waals surface area contributed by atoms with Gasteiger partial charge in [0, 0.05) is 24.6 Å². The zero-order valence-corrected chi connectivity index (χ0v) is 7.80. The van der Waals surface area contributed by atoms with Gasteiger partial charge < -0.3 is 15.7 Å². The van der Waals surface area contributed by atoms with E-state index in [0.717, 1.165) is 0 Å². The Morgan fingerprint density at radius 1 is 1.85 bits per heavy atom. The predicted molar refractivity (Wildman–Crippen MR) is 48.2 cm³/mol. The molecule has 0 aliphatic rings. The Balaban J connectivity index is 4.53. The van der Waals surface area contributed by atoms with Crippen LogP contribution < -0.4 is 5.73 Å². The maximum atomic E-state index is 10.5. The van der Waals surface area contributed by atoms with E-state index < -0.39 is 11.1 Å². The van der Waals surface area contributed by atoms with E-state index in [9.17, 15) is 10.1 Å². The number of rotatable bonds is 5. The molecule has 6 nitrogen and oxygen atoms in total. The summed E-state index contributed by atoms with van der Waals surface area (Å²) >= 11 is 0. The fraction of sp³-hybridized carbons (Fsp3) is 0.714. The van der Waals surface area contributed by atoms with Crippen molar-refractivity contribution in [2.24, 2.45) is 5.73 Å². The first-order chi connectivity index (χ1) is 6.08. The fourth-order valence-corrected chi connectivity index (χ4v) is 1.04. The zero-order valence-electron chi connectivity index (χ0n) is 7.80. The molecule has 0 heterocycles. The first-order valence-electron chi connectivity index (χ1n) is 3.96. The van der Waals surface area contributed by atoms with Crippen LogP contribution in [0.4, 0.5) is 0 Å². The van der Waals surface area contributed by atoms with Crippen molar-refractivity contribution in [1.29, 1.82) is 0 Å². The van der Waals surface area contributed by atoms with Crippen molar-refractivity contribution >= 4 is 0 Å². The molecule has 0 aromatic rings. The predicted octanol–water partition coefficient (Wildman–Crippen LogP) is -0.277. The summed E-state index contributed by atoms with van der Waals surface area (Å²) < 4.78 is 0. The molecular weight excluding hydrogens is 174 g/mol. The quantitative estimate of drug-likeness (QED) is 0.352. The van der Waals surface area contributed by atoms with Crippen LogP contribution in [0, 0.1) is 10.1 Å². The van der Waals surface area contributed by atoms with Crippen molar-refractivity contribution in [1.82, 2.24) is 4.90 Å². The van der Waals surface area contributed by atoms with E-state index in [4.69, 9.17) is 10.8 Å². The molecule has 3 N–H and O–H groups in total. The van der Waals surface area contributed by atoms with Crippen LogP contribution >= 0.6 is 0 Å². The maximum Gasteiger partial charge on any atom is 0.286 e. The van der Waals surface area contributed by atoms with Crippen molar-refractivity contribution in [3.05, 3.63) is 22.0 Å². The third-order valence-electron chi connectivity index (χ3n) is 1.86. The average molecular weight is 189 g/mol. The molecule has 0 radical (unpaired) electrons. The number of likely N-dealkylation sites (N-methyl/N-ethyl adjacent to an activating group) is 1. The van der Waals surface area contributed by atoms with Gasteiger partial charge in [0.15, 0.2) is 0 Å². The van der Waals surface area contributed by atoms with Crippen LogP contribution in [0.15, 0.2) is 11.9 Å². The second-order valence-corrected chi connectivity index (χ2v) is 2.60. The van der Waals surface area contributed by atoms with Gasteiger partial charge in [0.05, 0.1) is 12.3 Å². The van der Waals surface area contributed by atoms with Crippen LogP contribution in [0.5, 0.6) is 0 Å². The van der Waals surface area contributed by atoms with Crippen molar-refractivity contribution < 1.29 is 10.0 Å². The normalized spacial score (nSPS) is 13.9. The molecule has 0 bridgehead atoms. The van der Waals surface area contributed by atoms with Crippen LogP contribution in [0.2, 0.25) is 0 Å². The van der Waals surface area contributed by atoms with Crippen LogP contribution in [0.1, 0.15) is 13.3 Å². The molecule has 76 valence electrons. The van der Waals surface area contributed by atoms with E-state index in [2.05, 4.69) is 0 Å².